The highest BCUT2D eigenvalue weighted by molar-refractivity contribution is 8.77. The molecule has 0 bridgehead atoms. The minimum absolute atomic E-state index is 0.126. The highest BCUT2D eigenvalue weighted by atomic mass is 33.1. The summed E-state index contributed by atoms with van der Waals surface area (Å²) in [4.78, 5) is 38.6. The molecule has 2 unspecified atom stereocenters. The SMILES string of the molecule is CCN(C)C(=O)[C@H](O[C@@H]1C[C@H](BC#CCNC(=O)COCCOC(COc2cccc(C(=O)NCCN)c2)SSC)OC1CO)SSC. The second-order valence-electron chi connectivity index (χ2n) is 10.2. The maximum Gasteiger partial charge on any atom is 0.262 e. The van der Waals surface area contributed by atoms with Gasteiger partial charge < -0.3 is 50.1 Å². The number of nitrogens with zero attached hydrogens (tertiary/aromatic N) is 1. The molecule has 1 heterocycles. The molecular weight excluding hydrogens is 699 g/mol. The number of aliphatic hydroxyl groups is 1. The molecule has 1 aromatic rings. The van der Waals surface area contributed by atoms with E-state index in [1.54, 1.807) is 36.2 Å². The molecule has 2 rings (SSSR count). The Balaban J connectivity index is 1.65. The van der Waals surface area contributed by atoms with Gasteiger partial charge in [-0.15, -0.1) is 0 Å². The second kappa shape index (κ2) is 25.2. The van der Waals surface area contributed by atoms with Gasteiger partial charge in [0, 0.05) is 38.2 Å². The van der Waals surface area contributed by atoms with E-state index in [1.165, 1.54) is 43.2 Å². The van der Waals surface area contributed by atoms with Gasteiger partial charge in [-0.1, -0.05) is 55.2 Å². The molecule has 0 saturated carbocycles. The van der Waals surface area contributed by atoms with E-state index in [0.717, 1.165) is 0 Å². The zero-order chi connectivity index (χ0) is 35.1. The van der Waals surface area contributed by atoms with Crippen LogP contribution in [0.2, 0.25) is 0 Å². The van der Waals surface area contributed by atoms with Gasteiger partial charge >= 0.3 is 0 Å². The third kappa shape index (κ3) is 16.3. The third-order valence-corrected chi connectivity index (χ3v) is 10.4. The predicted octanol–water partition coefficient (Wildman–Crippen LogP) is 0.946. The monoisotopic (exact) mass is 746 g/mol. The van der Waals surface area contributed by atoms with Crippen molar-refractivity contribution in [1.82, 2.24) is 15.5 Å². The lowest BCUT2D eigenvalue weighted by atomic mass is 9.71. The van der Waals surface area contributed by atoms with Gasteiger partial charge in [0.2, 0.25) is 13.2 Å². The quantitative estimate of drug-likeness (QED) is 0.0410. The van der Waals surface area contributed by atoms with Crippen LogP contribution in [-0.2, 0) is 28.5 Å². The van der Waals surface area contributed by atoms with Gasteiger partial charge in [-0.25, -0.2) is 0 Å². The zero-order valence-corrected chi connectivity index (χ0v) is 31.1. The number of aliphatic hydroxyl groups excluding tert-OH is 1. The first kappa shape index (κ1) is 42.4. The average molecular weight is 747 g/mol. The number of amides is 3. The van der Waals surface area contributed by atoms with Crippen LogP contribution in [0.25, 0.3) is 0 Å². The molecule has 18 heteroatoms. The third-order valence-electron chi connectivity index (χ3n) is 6.70. The summed E-state index contributed by atoms with van der Waals surface area (Å²) in [6.07, 6.45) is 3.35. The van der Waals surface area contributed by atoms with Crippen molar-refractivity contribution in [3.63, 3.8) is 0 Å². The van der Waals surface area contributed by atoms with Crippen LogP contribution in [0.3, 0.4) is 0 Å². The van der Waals surface area contributed by atoms with Crippen LogP contribution in [0.1, 0.15) is 23.7 Å². The van der Waals surface area contributed by atoms with Crippen molar-refractivity contribution >= 4 is 68.2 Å². The molecule has 13 nitrogen and oxygen atoms in total. The van der Waals surface area contributed by atoms with Gasteiger partial charge in [-0.2, -0.15) is 5.82 Å². The fraction of sp³-hybridized carbons (Fsp3) is 0.633. The van der Waals surface area contributed by atoms with E-state index in [9.17, 15) is 19.5 Å². The lowest BCUT2D eigenvalue weighted by molar-refractivity contribution is -0.141. The second-order valence-corrected chi connectivity index (χ2v) is 15.3. The normalized spacial score (nSPS) is 18.2. The zero-order valence-electron chi connectivity index (χ0n) is 27.8. The lowest BCUT2D eigenvalue weighted by Gasteiger charge is -2.26. The smallest absolute Gasteiger partial charge is 0.262 e. The summed E-state index contributed by atoms with van der Waals surface area (Å²) >= 11 is 0. The van der Waals surface area contributed by atoms with E-state index in [0.29, 0.717) is 44.6 Å². The number of benzene rings is 1. The van der Waals surface area contributed by atoms with Crippen LogP contribution in [-0.4, -0.2) is 143 Å². The summed E-state index contributed by atoms with van der Waals surface area (Å²) in [6, 6.07) is 6.63. The molecule has 1 aliphatic heterocycles. The highest BCUT2D eigenvalue weighted by Crippen LogP contribution is 2.31. The number of carbonyl (C=O) groups excluding carboxylic acids is 3. The van der Waals surface area contributed by atoms with Crippen molar-refractivity contribution in [2.24, 2.45) is 5.73 Å². The fourth-order valence-electron chi connectivity index (χ4n) is 4.18. The van der Waals surface area contributed by atoms with Gasteiger partial charge in [0.25, 0.3) is 11.8 Å². The number of nitrogens with two attached hydrogens (primary N) is 1. The predicted molar refractivity (Wildman–Crippen MR) is 196 cm³/mol. The molecule has 48 heavy (non-hydrogen) atoms. The molecule has 0 aliphatic carbocycles. The number of hydrogen-bond acceptors (Lipinski definition) is 14. The van der Waals surface area contributed by atoms with Crippen molar-refractivity contribution < 1.29 is 43.2 Å². The first-order chi connectivity index (χ1) is 23.3. The summed E-state index contributed by atoms with van der Waals surface area (Å²) in [6.45, 7) is 3.75. The van der Waals surface area contributed by atoms with Crippen LogP contribution >= 0.6 is 43.2 Å². The number of carbonyl (C=O) groups is 3. The summed E-state index contributed by atoms with van der Waals surface area (Å²) in [5.74, 6) is 5.82. The molecular formula is C30H47BN4O9S4. The molecule has 268 valence electrons. The molecule has 1 aromatic carbocycles. The van der Waals surface area contributed by atoms with Crippen molar-refractivity contribution in [3.05, 3.63) is 29.8 Å². The van der Waals surface area contributed by atoms with Gasteiger partial charge in [-0.3, -0.25) is 14.4 Å². The number of ether oxygens (including phenoxy) is 5. The Morgan fingerprint density at radius 1 is 1.21 bits per heavy atom. The van der Waals surface area contributed by atoms with Gasteiger partial charge in [-0.05, 0) is 44.1 Å². The molecule has 1 fully saturated rings. The largest absolute Gasteiger partial charge is 0.490 e. The van der Waals surface area contributed by atoms with Gasteiger partial charge in [0.05, 0.1) is 32.5 Å². The molecule has 0 aromatic heterocycles. The topological polar surface area (TPSA) is 171 Å². The van der Waals surface area contributed by atoms with E-state index < -0.39 is 17.6 Å². The minimum atomic E-state index is -0.691. The Bertz CT molecular complexity index is 1180. The van der Waals surface area contributed by atoms with Gasteiger partial charge in [0.15, 0.2) is 5.44 Å². The molecule has 0 spiro atoms. The number of rotatable bonds is 23. The molecule has 5 atom stereocenters. The van der Waals surface area contributed by atoms with Crippen LogP contribution in [0, 0.1) is 11.7 Å². The van der Waals surface area contributed by atoms with Crippen molar-refractivity contribution in [3.8, 4) is 17.5 Å². The molecule has 0 radical (unpaired) electrons. The summed E-state index contributed by atoms with van der Waals surface area (Å²) < 4.78 is 29.1. The van der Waals surface area contributed by atoms with Gasteiger partial charge in [0.1, 0.15) is 30.5 Å². The summed E-state index contributed by atoms with van der Waals surface area (Å²) in [7, 11) is 7.94. The Morgan fingerprint density at radius 3 is 2.71 bits per heavy atom. The van der Waals surface area contributed by atoms with Crippen molar-refractivity contribution in [2.75, 3.05) is 78.8 Å². The molecule has 5 N–H and O–H groups in total. The van der Waals surface area contributed by atoms with Crippen LogP contribution in [0.15, 0.2) is 24.3 Å². The van der Waals surface area contributed by atoms with Crippen LogP contribution < -0.4 is 21.1 Å². The van der Waals surface area contributed by atoms with E-state index in [2.05, 4.69) is 22.4 Å². The van der Waals surface area contributed by atoms with Crippen LogP contribution in [0.5, 0.6) is 5.75 Å². The Kier molecular flexibility index (Phi) is 22.3. The van der Waals surface area contributed by atoms with Crippen molar-refractivity contribution in [1.29, 1.82) is 0 Å². The highest BCUT2D eigenvalue weighted by Gasteiger charge is 2.39. The fourth-order valence-corrected chi connectivity index (χ4v) is 7.18. The van der Waals surface area contributed by atoms with E-state index in [4.69, 9.17) is 29.4 Å². The Hall–Kier alpha value is -1.79. The Morgan fingerprint density at radius 2 is 2.00 bits per heavy atom. The van der Waals surface area contributed by atoms with E-state index >= 15 is 0 Å². The molecule has 1 aliphatic rings. The maximum absolute atomic E-state index is 12.7. The maximum atomic E-state index is 12.7. The lowest BCUT2D eigenvalue weighted by Crippen LogP contribution is -2.40. The van der Waals surface area contributed by atoms with E-state index in [-0.39, 0.29) is 68.7 Å². The first-order valence-corrected chi connectivity index (χ1v) is 20.7. The number of nitrogens with one attached hydrogen (secondary N) is 2. The minimum Gasteiger partial charge on any atom is -0.490 e. The first-order valence-electron chi connectivity index (χ1n) is 15.4. The molecule has 3 amide bonds. The summed E-state index contributed by atoms with van der Waals surface area (Å²) in [5.41, 5.74) is 4.94. The molecule has 1 saturated heterocycles. The number of likely N-dealkylation sites (N-methyl/N-ethyl adjacent to an activating group) is 1. The average Bonchev–Trinajstić information content (AvgIpc) is 3.49. The van der Waals surface area contributed by atoms with Crippen LogP contribution in [0.4, 0.5) is 0 Å². The summed E-state index contributed by atoms with van der Waals surface area (Å²) in [5, 5.41) is 15.2. The van der Waals surface area contributed by atoms with E-state index in [1.807, 2.05) is 19.4 Å². The Labute approximate surface area is 300 Å². The standard InChI is InChI=1S/C30H47BN4O9S4/c1-5-35(2)29(39)30(48-46-4)44-23-17-25(43-24(23)18-36)31-10-7-12-33-26(37)19-40-14-15-41-27(47-45-3)20-42-22-9-6-8-21(16-22)28(38)34-13-11-32/h6,8-9,16,23-25,27,30-31,36H,5,11-15,17-20,32H2,1-4H3,(H,33,37)(H,34,38)/t23-,24?,25-,27?,30-/m1/s1. The number of hydrogen-bond donors (Lipinski definition) is 4. The van der Waals surface area contributed by atoms with Crippen molar-refractivity contribution in [2.45, 2.75) is 42.4 Å².